The molecule has 0 spiro atoms. The Morgan fingerprint density at radius 1 is 0.686 bits per heavy atom. The summed E-state index contributed by atoms with van der Waals surface area (Å²) in [6.07, 6.45) is -8.23. The minimum Gasteiger partial charge on any atom is -0.303 e. The van der Waals surface area contributed by atoms with Gasteiger partial charge in [-0.05, 0) is 31.2 Å². The standard InChI is InChI=1S/C17H10F14N2O2/c1-7(32-33-11(35)8-2-4-9(18)5-3-8)6-10(34)12(19,20)13(21,22)14(23,24)15(25,26)16(27,28)17(29,30)31/h2-6,32H,1H3,(H,33,35). The Kier molecular flexibility index (Phi) is 7.85. The fourth-order valence-electron chi connectivity index (χ4n) is 2.08. The molecule has 0 unspecified atom stereocenters. The van der Waals surface area contributed by atoms with Crippen LogP contribution in [0, 0.1) is 5.82 Å². The fourth-order valence-corrected chi connectivity index (χ4v) is 2.08. The minimum absolute atomic E-state index is 0.289. The summed E-state index contributed by atoms with van der Waals surface area (Å²) >= 11 is 0. The van der Waals surface area contributed by atoms with E-state index in [0.29, 0.717) is 6.92 Å². The lowest BCUT2D eigenvalue weighted by Gasteiger charge is -2.39. The highest BCUT2D eigenvalue weighted by atomic mass is 19.4. The van der Waals surface area contributed by atoms with E-state index in [1.807, 2.05) is 0 Å². The highest BCUT2D eigenvalue weighted by molar-refractivity contribution is 5.97. The van der Waals surface area contributed by atoms with Gasteiger partial charge in [0, 0.05) is 17.3 Å². The zero-order valence-electron chi connectivity index (χ0n) is 16.5. The number of allylic oxidation sites excluding steroid dienone is 2. The Labute approximate surface area is 184 Å². The summed E-state index contributed by atoms with van der Waals surface area (Å²) in [5.74, 6) is -44.2. The molecule has 0 saturated heterocycles. The van der Waals surface area contributed by atoms with Gasteiger partial charge in [-0.3, -0.25) is 15.0 Å². The maximum atomic E-state index is 13.7. The van der Waals surface area contributed by atoms with E-state index >= 15 is 0 Å². The first-order valence-electron chi connectivity index (χ1n) is 8.45. The molecule has 0 aliphatic carbocycles. The number of benzene rings is 1. The third-order valence-electron chi connectivity index (χ3n) is 4.07. The molecule has 0 aromatic heterocycles. The van der Waals surface area contributed by atoms with Gasteiger partial charge in [-0.2, -0.15) is 57.1 Å². The van der Waals surface area contributed by atoms with Gasteiger partial charge in [0.05, 0.1) is 0 Å². The number of hydrogen-bond acceptors (Lipinski definition) is 3. The van der Waals surface area contributed by atoms with Crippen LogP contribution in [0.3, 0.4) is 0 Å². The van der Waals surface area contributed by atoms with Gasteiger partial charge in [-0.1, -0.05) is 0 Å². The minimum atomic E-state index is -8.13. The lowest BCUT2D eigenvalue weighted by Crippen LogP contribution is -2.71. The Morgan fingerprint density at radius 2 is 1.11 bits per heavy atom. The summed E-state index contributed by atoms with van der Waals surface area (Å²) in [6.45, 7) is 0.557. The van der Waals surface area contributed by atoms with E-state index in [4.69, 9.17) is 0 Å². The number of ketones is 1. The summed E-state index contributed by atoms with van der Waals surface area (Å²) < 4.78 is 182. The van der Waals surface area contributed by atoms with Gasteiger partial charge in [-0.25, -0.2) is 4.39 Å². The Morgan fingerprint density at radius 3 is 1.54 bits per heavy atom. The topological polar surface area (TPSA) is 58.2 Å². The van der Waals surface area contributed by atoms with Crippen LogP contribution in [0.25, 0.3) is 0 Å². The molecule has 2 N–H and O–H groups in total. The van der Waals surface area contributed by atoms with Crippen LogP contribution in [0.1, 0.15) is 17.3 Å². The van der Waals surface area contributed by atoms with Crippen molar-refractivity contribution in [3.8, 4) is 0 Å². The van der Waals surface area contributed by atoms with Gasteiger partial charge in [-0.15, -0.1) is 0 Å². The number of nitrogens with one attached hydrogen (secondary N) is 2. The number of carbonyl (C=O) groups excluding carboxylic acids is 2. The second-order valence-corrected chi connectivity index (χ2v) is 6.65. The highest BCUT2D eigenvalue weighted by Crippen LogP contribution is 2.60. The third kappa shape index (κ3) is 5.14. The number of amides is 1. The second kappa shape index (κ2) is 9.18. The fraction of sp³-hybridized carbons (Fsp3) is 0.412. The normalized spacial score (nSPS) is 14.5. The van der Waals surface area contributed by atoms with Crippen molar-refractivity contribution < 1.29 is 71.1 Å². The number of hydrazine groups is 1. The maximum absolute atomic E-state index is 13.7. The van der Waals surface area contributed by atoms with Crippen molar-refractivity contribution in [1.82, 2.24) is 10.9 Å². The van der Waals surface area contributed by atoms with Gasteiger partial charge < -0.3 is 5.43 Å². The van der Waals surface area contributed by atoms with Crippen LogP contribution in [0.4, 0.5) is 61.5 Å². The van der Waals surface area contributed by atoms with Gasteiger partial charge in [0.15, 0.2) is 0 Å². The molecule has 1 aromatic rings. The molecule has 0 fully saturated rings. The molecule has 1 aromatic carbocycles. The molecule has 4 nitrogen and oxygen atoms in total. The van der Waals surface area contributed by atoms with Crippen molar-refractivity contribution >= 4 is 11.7 Å². The van der Waals surface area contributed by atoms with E-state index in [0.717, 1.165) is 24.3 Å². The van der Waals surface area contributed by atoms with E-state index in [2.05, 4.69) is 0 Å². The predicted molar refractivity (Wildman–Crippen MR) is 86.6 cm³/mol. The van der Waals surface area contributed by atoms with Crippen LogP contribution in [0.5, 0.6) is 0 Å². The van der Waals surface area contributed by atoms with Gasteiger partial charge in [0.2, 0.25) is 5.78 Å². The lowest BCUT2D eigenvalue weighted by atomic mass is 9.92. The molecular weight excluding hydrogens is 530 g/mol. The molecule has 0 radical (unpaired) electrons. The lowest BCUT2D eigenvalue weighted by molar-refractivity contribution is -0.435. The highest BCUT2D eigenvalue weighted by Gasteiger charge is 2.91. The molecule has 1 amide bonds. The zero-order chi connectivity index (χ0) is 27.8. The Bertz CT molecular complexity index is 983. The van der Waals surface area contributed by atoms with Crippen molar-refractivity contribution in [2.75, 3.05) is 0 Å². The molecule has 0 aliphatic heterocycles. The van der Waals surface area contributed by atoms with E-state index < -0.39 is 65.1 Å². The number of halogens is 14. The number of hydrogen-bond donors (Lipinski definition) is 2. The summed E-state index contributed by atoms with van der Waals surface area (Å²) in [5.41, 5.74) is 1.94. The quantitative estimate of drug-likeness (QED) is 0.255. The van der Waals surface area contributed by atoms with Crippen molar-refractivity contribution in [2.45, 2.75) is 42.7 Å². The summed E-state index contributed by atoms with van der Waals surface area (Å²) in [6, 6.07) is 3.37. The van der Waals surface area contributed by atoms with E-state index in [9.17, 15) is 71.1 Å². The molecule has 0 saturated carbocycles. The van der Waals surface area contributed by atoms with Gasteiger partial charge >= 0.3 is 35.8 Å². The first-order chi connectivity index (χ1) is 15.4. The average Bonchev–Trinajstić information content (AvgIpc) is 2.70. The SMILES string of the molecule is CC(=CC(=O)C(F)(F)C(F)(F)C(F)(F)C(F)(F)C(F)(F)C(F)(F)F)NNC(=O)c1ccc(F)cc1. The molecule has 0 atom stereocenters. The van der Waals surface area contributed by atoms with Gasteiger partial charge in [0.25, 0.3) is 5.91 Å². The van der Waals surface area contributed by atoms with Crippen LogP contribution >= 0.6 is 0 Å². The number of rotatable bonds is 9. The molecule has 198 valence electrons. The van der Waals surface area contributed by atoms with Crippen LogP contribution in [-0.2, 0) is 4.79 Å². The van der Waals surface area contributed by atoms with Gasteiger partial charge in [0.1, 0.15) is 5.82 Å². The second-order valence-electron chi connectivity index (χ2n) is 6.65. The first kappa shape index (κ1) is 30.0. The molecule has 1 rings (SSSR count). The molecule has 35 heavy (non-hydrogen) atoms. The van der Waals surface area contributed by atoms with E-state index in [1.165, 1.54) is 0 Å². The van der Waals surface area contributed by atoms with Crippen molar-refractivity contribution in [3.05, 3.63) is 47.4 Å². The third-order valence-corrected chi connectivity index (χ3v) is 4.07. The predicted octanol–water partition coefficient (Wildman–Crippen LogP) is 5.27. The van der Waals surface area contributed by atoms with Crippen molar-refractivity contribution in [1.29, 1.82) is 0 Å². The molecule has 0 bridgehead atoms. The van der Waals surface area contributed by atoms with Crippen LogP contribution in [-0.4, -0.2) is 47.5 Å². The van der Waals surface area contributed by atoms with E-state index in [1.54, 1.807) is 10.9 Å². The smallest absolute Gasteiger partial charge is 0.303 e. The maximum Gasteiger partial charge on any atom is 0.460 e. The Hall–Kier alpha value is -3.08. The molecular formula is C17H10F14N2O2. The van der Waals surface area contributed by atoms with Crippen LogP contribution in [0.2, 0.25) is 0 Å². The van der Waals surface area contributed by atoms with E-state index in [-0.39, 0.29) is 5.56 Å². The molecule has 0 aliphatic rings. The van der Waals surface area contributed by atoms with Crippen molar-refractivity contribution in [2.24, 2.45) is 0 Å². The number of alkyl halides is 13. The number of carbonyl (C=O) groups is 2. The van der Waals surface area contributed by atoms with Crippen LogP contribution in [0.15, 0.2) is 36.0 Å². The first-order valence-corrected chi connectivity index (χ1v) is 8.45. The van der Waals surface area contributed by atoms with Crippen LogP contribution < -0.4 is 10.9 Å². The summed E-state index contributed by atoms with van der Waals surface area (Å²) in [7, 11) is 0. The Balaban J connectivity index is 3.18. The largest absolute Gasteiger partial charge is 0.460 e. The monoisotopic (exact) mass is 540 g/mol. The summed E-state index contributed by atoms with van der Waals surface area (Å²) in [4.78, 5) is 23.1. The molecule has 18 heteroatoms. The average molecular weight is 540 g/mol. The summed E-state index contributed by atoms with van der Waals surface area (Å²) in [5, 5.41) is 0. The molecule has 0 heterocycles. The van der Waals surface area contributed by atoms with Crippen molar-refractivity contribution in [3.63, 3.8) is 0 Å². The zero-order valence-corrected chi connectivity index (χ0v) is 16.5.